The molecule has 1 aromatic carbocycles. The molecule has 0 aliphatic carbocycles. The largest absolute Gasteiger partial charge is 0.497 e. The Hall–Kier alpha value is -2.30. The number of methoxy groups -OCH3 is 1. The minimum Gasteiger partial charge on any atom is -0.497 e. The van der Waals surface area contributed by atoms with E-state index in [4.69, 9.17) is 4.74 Å². The summed E-state index contributed by atoms with van der Waals surface area (Å²) in [4.78, 5) is 14.8. The monoisotopic (exact) mass is 341 g/mol. The van der Waals surface area contributed by atoms with Crippen LogP contribution in [0.2, 0.25) is 0 Å². The summed E-state index contributed by atoms with van der Waals surface area (Å²) in [7, 11) is 1.67. The van der Waals surface area contributed by atoms with Gasteiger partial charge in [-0.05, 0) is 55.9 Å². The van der Waals surface area contributed by atoms with Crippen molar-refractivity contribution in [3.63, 3.8) is 0 Å². The van der Waals surface area contributed by atoms with Crippen LogP contribution in [-0.4, -0.2) is 40.3 Å². The third kappa shape index (κ3) is 4.84. The summed E-state index contributed by atoms with van der Waals surface area (Å²) in [6.07, 6.45) is 9.57. The molecule has 1 fully saturated rings. The van der Waals surface area contributed by atoms with E-state index in [-0.39, 0.29) is 11.9 Å². The highest BCUT2D eigenvalue weighted by Gasteiger charge is 2.26. The zero-order valence-electron chi connectivity index (χ0n) is 14.9. The molecule has 134 valence electrons. The number of aromatic nitrogens is 2. The number of piperidine rings is 1. The summed E-state index contributed by atoms with van der Waals surface area (Å²) >= 11 is 0. The molecule has 1 amide bonds. The molecule has 3 rings (SSSR count). The number of aryl methyl sites for hydroxylation is 1. The molecule has 1 aliphatic heterocycles. The zero-order valence-corrected chi connectivity index (χ0v) is 14.9. The fraction of sp³-hybridized carbons (Fsp3) is 0.500. The lowest BCUT2D eigenvalue weighted by atomic mass is 10.0. The zero-order chi connectivity index (χ0) is 17.5. The fourth-order valence-electron chi connectivity index (χ4n) is 3.52. The first-order valence-corrected chi connectivity index (χ1v) is 9.16. The Labute approximate surface area is 149 Å². The molecular formula is C20H27N3O2. The first kappa shape index (κ1) is 17.5. The summed E-state index contributed by atoms with van der Waals surface area (Å²) in [6.45, 7) is 1.69. The quantitative estimate of drug-likeness (QED) is 0.776. The first-order chi connectivity index (χ1) is 12.3. The van der Waals surface area contributed by atoms with E-state index in [0.29, 0.717) is 6.42 Å². The van der Waals surface area contributed by atoms with E-state index in [1.807, 2.05) is 29.1 Å². The third-order valence-electron chi connectivity index (χ3n) is 4.92. The topological polar surface area (TPSA) is 47.4 Å². The molecule has 0 bridgehead atoms. The van der Waals surface area contributed by atoms with Crippen molar-refractivity contribution in [2.45, 2.75) is 51.1 Å². The Morgan fingerprint density at radius 3 is 2.84 bits per heavy atom. The second-order valence-corrected chi connectivity index (χ2v) is 6.67. The minimum absolute atomic E-state index is 0.280. The second-order valence-electron chi connectivity index (χ2n) is 6.67. The van der Waals surface area contributed by atoms with Gasteiger partial charge >= 0.3 is 0 Å². The molecule has 2 aromatic rings. The molecule has 0 N–H and O–H groups in total. The number of hydrogen-bond acceptors (Lipinski definition) is 3. The van der Waals surface area contributed by atoms with Crippen molar-refractivity contribution in [2.24, 2.45) is 0 Å². The van der Waals surface area contributed by atoms with Crippen molar-refractivity contribution in [3.8, 4) is 5.75 Å². The predicted molar refractivity (Wildman–Crippen MR) is 97.5 cm³/mol. The van der Waals surface area contributed by atoms with Crippen LogP contribution in [0.4, 0.5) is 0 Å². The maximum absolute atomic E-state index is 12.7. The molecule has 5 nitrogen and oxygen atoms in total. The number of hydrogen-bond donors (Lipinski definition) is 0. The maximum Gasteiger partial charge on any atom is 0.222 e. The number of carbonyl (C=O) groups excluding carboxylic acids is 1. The Bertz CT molecular complexity index is 652. The van der Waals surface area contributed by atoms with Gasteiger partial charge in [0.25, 0.3) is 0 Å². The Balaban J connectivity index is 1.49. The number of nitrogens with zero attached hydrogens (tertiary/aromatic N) is 3. The van der Waals surface area contributed by atoms with Crippen molar-refractivity contribution in [3.05, 3.63) is 48.3 Å². The molecule has 1 saturated heterocycles. The maximum atomic E-state index is 12.7. The molecule has 5 heteroatoms. The van der Waals surface area contributed by atoms with E-state index in [0.717, 1.165) is 44.5 Å². The van der Waals surface area contributed by atoms with Crippen molar-refractivity contribution in [1.82, 2.24) is 14.7 Å². The molecule has 0 saturated carbocycles. The van der Waals surface area contributed by atoms with Crippen LogP contribution in [0, 0.1) is 0 Å². The van der Waals surface area contributed by atoms with Gasteiger partial charge < -0.3 is 9.64 Å². The van der Waals surface area contributed by atoms with Crippen LogP contribution in [0.15, 0.2) is 42.7 Å². The first-order valence-electron chi connectivity index (χ1n) is 9.16. The van der Waals surface area contributed by atoms with Crippen molar-refractivity contribution < 1.29 is 9.53 Å². The van der Waals surface area contributed by atoms with Crippen LogP contribution in [0.25, 0.3) is 0 Å². The summed E-state index contributed by atoms with van der Waals surface area (Å²) < 4.78 is 7.12. The number of rotatable bonds is 7. The standard InChI is InChI=1S/C20H27N3O2/c1-25-19-11-9-17(10-12-19)6-4-8-20(24)23-15-3-2-7-18(23)16-22-14-5-13-21-22/h5,9-14,18H,2-4,6-8,15-16H2,1H3/t18-/m1/s1. The van der Waals surface area contributed by atoms with Gasteiger partial charge in [0.15, 0.2) is 0 Å². The Kier molecular flexibility index (Phi) is 6.09. The normalized spacial score (nSPS) is 17.5. The molecular weight excluding hydrogens is 314 g/mol. The van der Waals surface area contributed by atoms with Gasteiger partial charge in [0.1, 0.15) is 5.75 Å². The molecule has 0 radical (unpaired) electrons. The molecule has 1 atom stereocenters. The van der Waals surface area contributed by atoms with E-state index in [9.17, 15) is 4.79 Å². The summed E-state index contributed by atoms with van der Waals surface area (Å²) in [5.74, 6) is 1.15. The van der Waals surface area contributed by atoms with Gasteiger partial charge in [-0.15, -0.1) is 0 Å². The van der Waals surface area contributed by atoms with Gasteiger partial charge in [0.2, 0.25) is 5.91 Å². The van der Waals surface area contributed by atoms with Gasteiger partial charge in [-0.2, -0.15) is 5.10 Å². The Morgan fingerprint density at radius 2 is 2.12 bits per heavy atom. The predicted octanol–water partition coefficient (Wildman–Crippen LogP) is 3.30. The highest BCUT2D eigenvalue weighted by atomic mass is 16.5. The summed E-state index contributed by atoms with van der Waals surface area (Å²) in [5.41, 5.74) is 1.25. The number of likely N-dealkylation sites (tertiary alicyclic amines) is 1. The number of ether oxygens (including phenoxy) is 1. The number of benzene rings is 1. The van der Waals surface area contributed by atoms with Crippen LogP contribution in [-0.2, 0) is 17.8 Å². The van der Waals surface area contributed by atoms with Crippen molar-refractivity contribution in [1.29, 1.82) is 0 Å². The van der Waals surface area contributed by atoms with Gasteiger partial charge in [0, 0.05) is 25.4 Å². The molecule has 1 aromatic heterocycles. The van der Waals surface area contributed by atoms with E-state index < -0.39 is 0 Å². The summed E-state index contributed by atoms with van der Waals surface area (Å²) in [5, 5.41) is 4.29. The van der Waals surface area contributed by atoms with Gasteiger partial charge in [-0.3, -0.25) is 9.48 Å². The number of carbonyl (C=O) groups is 1. The summed E-state index contributed by atoms with van der Waals surface area (Å²) in [6, 6.07) is 10.3. The average Bonchev–Trinajstić information content (AvgIpc) is 3.16. The highest BCUT2D eigenvalue weighted by molar-refractivity contribution is 5.76. The number of amides is 1. The van der Waals surface area contributed by atoms with Crippen LogP contribution in [0.5, 0.6) is 5.75 Å². The third-order valence-corrected chi connectivity index (χ3v) is 4.92. The SMILES string of the molecule is COc1ccc(CCCC(=O)N2CCCC[C@@H]2Cn2cccn2)cc1. The van der Waals surface area contributed by atoms with Crippen LogP contribution in [0.3, 0.4) is 0 Å². The minimum atomic E-state index is 0.280. The highest BCUT2D eigenvalue weighted by Crippen LogP contribution is 2.20. The Morgan fingerprint density at radius 1 is 1.28 bits per heavy atom. The van der Waals surface area contributed by atoms with Gasteiger partial charge in [-0.1, -0.05) is 12.1 Å². The van der Waals surface area contributed by atoms with Crippen LogP contribution < -0.4 is 4.74 Å². The van der Waals surface area contributed by atoms with E-state index >= 15 is 0 Å². The van der Waals surface area contributed by atoms with E-state index in [2.05, 4.69) is 22.1 Å². The molecule has 0 unspecified atom stereocenters. The van der Waals surface area contributed by atoms with Crippen molar-refractivity contribution in [2.75, 3.05) is 13.7 Å². The smallest absolute Gasteiger partial charge is 0.222 e. The van der Waals surface area contributed by atoms with Crippen LogP contribution >= 0.6 is 0 Å². The lowest BCUT2D eigenvalue weighted by Crippen LogP contribution is -2.45. The molecule has 0 spiro atoms. The van der Waals surface area contributed by atoms with Gasteiger partial charge in [-0.25, -0.2) is 0 Å². The van der Waals surface area contributed by atoms with Crippen molar-refractivity contribution >= 4 is 5.91 Å². The molecule has 1 aliphatic rings. The molecule has 25 heavy (non-hydrogen) atoms. The fourth-order valence-corrected chi connectivity index (χ4v) is 3.52. The van der Waals surface area contributed by atoms with Gasteiger partial charge in [0.05, 0.1) is 19.7 Å². The van der Waals surface area contributed by atoms with E-state index in [1.165, 1.54) is 12.0 Å². The molecule has 2 heterocycles. The average molecular weight is 341 g/mol. The lowest BCUT2D eigenvalue weighted by Gasteiger charge is -2.36. The van der Waals surface area contributed by atoms with Crippen LogP contribution in [0.1, 0.15) is 37.7 Å². The van der Waals surface area contributed by atoms with E-state index in [1.54, 1.807) is 13.3 Å². The lowest BCUT2D eigenvalue weighted by molar-refractivity contribution is -0.135. The second kappa shape index (κ2) is 8.70.